The van der Waals surface area contributed by atoms with Crippen molar-refractivity contribution in [1.29, 1.82) is 0 Å². The molecule has 1 N–H and O–H groups in total. The van der Waals surface area contributed by atoms with Crippen molar-refractivity contribution in [2.24, 2.45) is 5.92 Å². The highest BCUT2D eigenvalue weighted by atomic mass is 79.9. The smallest absolute Gasteiger partial charge is 0.266 e. The van der Waals surface area contributed by atoms with Gasteiger partial charge in [0.05, 0.1) is 0 Å². The number of amides is 1. The molecule has 2 rings (SSSR count). The van der Waals surface area contributed by atoms with Gasteiger partial charge in [-0.05, 0) is 27.9 Å². The zero-order valence-corrected chi connectivity index (χ0v) is 10.0. The van der Waals surface area contributed by atoms with E-state index < -0.39 is 6.10 Å². The van der Waals surface area contributed by atoms with E-state index in [1.54, 1.807) is 12.3 Å². The number of aromatic nitrogens is 1. The fourth-order valence-electron chi connectivity index (χ4n) is 1.42. The summed E-state index contributed by atoms with van der Waals surface area (Å²) >= 11 is 3.31. The van der Waals surface area contributed by atoms with Gasteiger partial charge in [-0.3, -0.25) is 4.79 Å². The predicted molar refractivity (Wildman–Crippen MR) is 59.8 cm³/mol. The van der Waals surface area contributed by atoms with Crippen molar-refractivity contribution in [3.8, 4) is 5.75 Å². The summed E-state index contributed by atoms with van der Waals surface area (Å²) in [4.78, 5) is 15.7. The number of rotatable bonds is 1. The number of carbonyl (C=O) groups excluding carboxylic acids is 1. The van der Waals surface area contributed by atoms with Crippen molar-refractivity contribution < 1.29 is 9.53 Å². The molecule has 1 aliphatic heterocycles. The van der Waals surface area contributed by atoms with Crippen LogP contribution in [0.3, 0.4) is 0 Å². The predicted octanol–water partition coefficient (Wildman–Crippen LogP) is 2.20. The number of carbonyl (C=O) groups is 1. The van der Waals surface area contributed by atoms with Gasteiger partial charge in [0.1, 0.15) is 0 Å². The van der Waals surface area contributed by atoms with Gasteiger partial charge in [0, 0.05) is 10.7 Å². The van der Waals surface area contributed by atoms with Gasteiger partial charge < -0.3 is 10.1 Å². The fourth-order valence-corrected chi connectivity index (χ4v) is 1.73. The average Bonchev–Trinajstić information content (AvgIpc) is 2.17. The monoisotopic (exact) mass is 270 g/mol. The Morgan fingerprint density at radius 1 is 1.60 bits per heavy atom. The largest absolute Gasteiger partial charge is 0.476 e. The highest BCUT2D eigenvalue weighted by Crippen LogP contribution is 2.31. The molecule has 0 aromatic carbocycles. The van der Waals surface area contributed by atoms with Crippen LogP contribution in [0, 0.1) is 5.92 Å². The molecule has 15 heavy (non-hydrogen) atoms. The second-order valence-corrected chi connectivity index (χ2v) is 4.69. The van der Waals surface area contributed by atoms with Crippen LogP contribution in [-0.4, -0.2) is 17.0 Å². The van der Waals surface area contributed by atoms with Gasteiger partial charge in [0.25, 0.3) is 5.91 Å². The van der Waals surface area contributed by atoms with Crippen molar-refractivity contribution in [1.82, 2.24) is 4.98 Å². The zero-order chi connectivity index (χ0) is 11.0. The Labute approximate surface area is 96.2 Å². The summed E-state index contributed by atoms with van der Waals surface area (Å²) in [6.45, 7) is 3.89. The van der Waals surface area contributed by atoms with Gasteiger partial charge in [-0.2, -0.15) is 0 Å². The van der Waals surface area contributed by atoms with E-state index in [1.165, 1.54) is 0 Å². The Balaban J connectivity index is 2.34. The molecule has 0 saturated carbocycles. The second-order valence-electron chi connectivity index (χ2n) is 3.77. The molecule has 1 atom stereocenters. The van der Waals surface area contributed by atoms with Crippen LogP contribution in [0.2, 0.25) is 0 Å². The number of pyridine rings is 1. The van der Waals surface area contributed by atoms with Gasteiger partial charge in [-0.1, -0.05) is 13.8 Å². The number of hydrogen-bond donors (Lipinski definition) is 1. The number of halogens is 1. The molecule has 0 bridgehead atoms. The Hall–Kier alpha value is -1.10. The van der Waals surface area contributed by atoms with Crippen molar-refractivity contribution >= 4 is 27.7 Å². The minimum absolute atomic E-state index is 0.132. The molecular weight excluding hydrogens is 260 g/mol. The first-order valence-electron chi connectivity index (χ1n) is 4.71. The van der Waals surface area contributed by atoms with Crippen LogP contribution in [-0.2, 0) is 4.79 Å². The number of nitrogens with one attached hydrogen (secondary N) is 1. The number of fused-ring (bicyclic) bond motifs is 1. The van der Waals surface area contributed by atoms with Crippen molar-refractivity contribution in [2.45, 2.75) is 20.0 Å². The molecule has 0 fully saturated rings. The highest BCUT2D eigenvalue weighted by molar-refractivity contribution is 9.10. The summed E-state index contributed by atoms with van der Waals surface area (Å²) in [6.07, 6.45) is 1.19. The van der Waals surface area contributed by atoms with E-state index in [-0.39, 0.29) is 11.8 Å². The van der Waals surface area contributed by atoms with Gasteiger partial charge in [-0.15, -0.1) is 0 Å². The summed E-state index contributed by atoms with van der Waals surface area (Å²) in [5, 5.41) is 2.72. The first kappa shape index (κ1) is 10.4. The van der Waals surface area contributed by atoms with Crippen LogP contribution in [0.5, 0.6) is 5.75 Å². The van der Waals surface area contributed by atoms with Gasteiger partial charge in [0.15, 0.2) is 17.7 Å². The van der Waals surface area contributed by atoms with E-state index in [4.69, 9.17) is 4.74 Å². The highest BCUT2D eigenvalue weighted by Gasteiger charge is 2.30. The lowest BCUT2D eigenvalue weighted by molar-refractivity contribution is -0.125. The molecule has 0 aliphatic carbocycles. The summed E-state index contributed by atoms with van der Waals surface area (Å²) in [6, 6.07) is 1.80. The molecule has 0 spiro atoms. The molecule has 0 saturated heterocycles. The van der Waals surface area contributed by atoms with Crippen LogP contribution in [0.25, 0.3) is 0 Å². The minimum atomic E-state index is -0.436. The Bertz CT molecular complexity index is 406. The van der Waals surface area contributed by atoms with E-state index in [2.05, 4.69) is 26.2 Å². The maximum absolute atomic E-state index is 11.6. The quantitative estimate of drug-likeness (QED) is 0.851. The van der Waals surface area contributed by atoms with Gasteiger partial charge in [-0.25, -0.2) is 4.98 Å². The normalized spacial score (nSPS) is 19.5. The average molecular weight is 271 g/mol. The molecule has 1 unspecified atom stereocenters. The molecule has 0 radical (unpaired) electrons. The lowest BCUT2D eigenvalue weighted by Crippen LogP contribution is -2.40. The molecule has 1 amide bonds. The van der Waals surface area contributed by atoms with E-state index in [0.717, 1.165) is 4.47 Å². The molecule has 1 aliphatic rings. The van der Waals surface area contributed by atoms with E-state index in [9.17, 15) is 4.79 Å². The maximum Gasteiger partial charge on any atom is 0.266 e. The number of anilines is 1. The third-order valence-corrected chi connectivity index (χ3v) is 2.61. The fraction of sp³-hybridized carbons (Fsp3) is 0.400. The zero-order valence-electron chi connectivity index (χ0n) is 8.45. The molecule has 1 aromatic heterocycles. The lowest BCUT2D eigenvalue weighted by Gasteiger charge is -2.27. The first-order valence-corrected chi connectivity index (χ1v) is 5.50. The topological polar surface area (TPSA) is 51.2 Å². The van der Waals surface area contributed by atoms with Gasteiger partial charge >= 0.3 is 0 Å². The van der Waals surface area contributed by atoms with E-state index in [1.807, 2.05) is 13.8 Å². The minimum Gasteiger partial charge on any atom is -0.476 e. The van der Waals surface area contributed by atoms with Crippen LogP contribution in [0.15, 0.2) is 16.7 Å². The molecular formula is C10H11BrN2O2. The van der Waals surface area contributed by atoms with Crippen LogP contribution >= 0.6 is 15.9 Å². The van der Waals surface area contributed by atoms with Crippen LogP contribution < -0.4 is 10.1 Å². The standard InChI is InChI=1S/C10H11BrN2O2/c1-5(2)8-10(14)13-9-7(15-8)3-6(11)4-12-9/h3-5,8H,1-2H3,(H,12,13,14). The van der Waals surface area contributed by atoms with Crippen LogP contribution in [0.1, 0.15) is 13.8 Å². The third kappa shape index (κ3) is 1.97. The van der Waals surface area contributed by atoms with Gasteiger partial charge in [0.2, 0.25) is 0 Å². The van der Waals surface area contributed by atoms with Crippen molar-refractivity contribution in [2.75, 3.05) is 5.32 Å². The first-order chi connectivity index (χ1) is 7.08. The summed E-state index contributed by atoms with van der Waals surface area (Å²) in [5.74, 6) is 1.10. The number of hydrogen-bond acceptors (Lipinski definition) is 3. The molecule has 4 nitrogen and oxygen atoms in total. The molecule has 5 heteroatoms. The molecule has 80 valence electrons. The second kappa shape index (κ2) is 3.81. The maximum atomic E-state index is 11.6. The lowest BCUT2D eigenvalue weighted by atomic mass is 10.1. The van der Waals surface area contributed by atoms with Crippen molar-refractivity contribution in [3.63, 3.8) is 0 Å². The summed E-state index contributed by atoms with van der Waals surface area (Å²) in [5.41, 5.74) is 0. The van der Waals surface area contributed by atoms with E-state index in [0.29, 0.717) is 11.6 Å². The number of nitrogens with zero attached hydrogens (tertiary/aromatic N) is 1. The van der Waals surface area contributed by atoms with E-state index >= 15 is 0 Å². The Kier molecular flexibility index (Phi) is 2.65. The SMILES string of the molecule is CC(C)C1Oc2cc(Br)cnc2NC1=O. The van der Waals surface area contributed by atoms with Crippen LogP contribution in [0.4, 0.5) is 5.82 Å². The molecule has 2 heterocycles. The Morgan fingerprint density at radius 2 is 2.33 bits per heavy atom. The summed E-state index contributed by atoms with van der Waals surface area (Å²) < 4.78 is 6.42. The molecule has 1 aromatic rings. The third-order valence-electron chi connectivity index (χ3n) is 2.18. The Morgan fingerprint density at radius 3 is 3.00 bits per heavy atom. The number of ether oxygens (including phenoxy) is 1. The van der Waals surface area contributed by atoms with Crippen molar-refractivity contribution in [3.05, 3.63) is 16.7 Å². The summed E-state index contributed by atoms with van der Waals surface area (Å²) in [7, 11) is 0.